The highest BCUT2D eigenvalue weighted by Crippen LogP contribution is 2.18. The molecule has 20 heavy (non-hydrogen) atoms. The third-order valence-corrected chi connectivity index (χ3v) is 3.51. The van der Waals surface area contributed by atoms with Gasteiger partial charge in [-0.25, -0.2) is 4.79 Å². The zero-order valence-corrected chi connectivity index (χ0v) is 13.0. The summed E-state index contributed by atoms with van der Waals surface area (Å²) in [7, 11) is 0. The average Bonchev–Trinajstić information content (AvgIpc) is 2.40. The number of aryl methyl sites for hydroxylation is 1. The van der Waals surface area contributed by atoms with E-state index in [0.717, 1.165) is 16.4 Å². The van der Waals surface area contributed by atoms with E-state index in [-0.39, 0.29) is 17.6 Å². The molecule has 0 bridgehead atoms. The number of H-pyrrole nitrogens is 1. The maximum absolute atomic E-state index is 12.6. The van der Waals surface area contributed by atoms with Crippen LogP contribution in [0.2, 0.25) is 0 Å². The first kappa shape index (κ1) is 14.8. The summed E-state index contributed by atoms with van der Waals surface area (Å²) in [6, 6.07) is 5.40. The Morgan fingerprint density at radius 3 is 2.75 bits per heavy atom. The molecular weight excluding hydrogens is 322 g/mol. The highest BCUT2D eigenvalue weighted by atomic mass is 79.9. The van der Waals surface area contributed by atoms with Crippen molar-refractivity contribution in [3.8, 4) is 0 Å². The summed E-state index contributed by atoms with van der Waals surface area (Å²) in [5, 5.41) is 0.488. The van der Waals surface area contributed by atoms with Crippen LogP contribution in [0, 0.1) is 0 Å². The molecule has 0 fully saturated rings. The number of rotatable bonds is 4. The number of carbonyl (C=O) groups excluding carboxylic acids is 1. The van der Waals surface area contributed by atoms with E-state index in [1.807, 2.05) is 19.1 Å². The zero-order valence-electron chi connectivity index (χ0n) is 11.5. The topological polar surface area (TPSA) is 59.2 Å². The molecule has 1 aromatic heterocycles. The number of hydrogen-bond donors (Lipinski definition) is 1. The minimum absolute atomic E-state index is 0.124. The van der Waals surface area contributed by atoms with Crippen LogP contribution in [0.3, 0.4) is 0 Å². The Kier molecular flexibility index (Phi) is 4.60. The Labute approximate surface area is 125 Å². The molecule has 1 heterocycles. The lowest BCUT2D eigenvalue weighted by atomic mass is 10.1. The SMILES string of the molecule is CCCc1[nH]c2ccc(Br)cc2c(=O)c1C(=O)OCC. The summed E-state index contributed by atoms with van der Waals surface area (Å²) >= 11 is 3.34. The molecule has 0 radical (unpaired) electrons. The van der Waals surface area contributed by atoms with E-state index in [2.05, 4.69) is 20.9 Å². The fourth-order valence-corrected chi connectivity index (χ4v) is 2.53. The van der Waals surface area contributed by atoms with E-state index in [4.69, 9.17) is 4.74 Å². The number of pyridine rings is 1. The maximum atomic E-state index is 12.6. The van der Waals surface area contributed by atoms with Crippen molar-refractivity contribution in [3.05, 3.63) is 44.2 Å². The monoisotopic (exact) mass is 337 g/mol. The van der Waals surface area contributed by atoms with Crippen molar-refractivity contribution in [1.29, 1.82) is 0 Å². The van der Waals surface area contributed by atoms with E-state index in [1.54, 1.807) is 13.0 Å². The van der Waals surface area contributed by atoms with Crippen LogP contribution in [0.15, 0.2) is 27.5 Å². The fourth-order valence-electron chi connectivity index (χ4n) is 2.17. The second-order valence-corrected chi connectivity index (χ2v) is 5.38. The molecule has 0 amide bonds. The largest absolute Gasteiger partial charge is 0.462 e. The predicted octanol–water partition coefficient (Wildman–Crippen LogP) is 3.42. The number of esters is 1. The van der Waals surface area contributed by atoms with E-state index in [1.165, 1.54) is 0 Å². The molecule has 0 aliphatic rings. The van der Waals surface area contributed by atoms with Crippen LogP contribution in [0.5, 0.6) is 0 Å². The normalized spacial score (nSPS) is 10.8. The summed E-state index contributed by atoms with van der Waals surface area (Å²) in [5.41, 5.74) is 1.22. The van der Waals surface area contributed by atoms with Crippen LogP contribution in [0.4, 0.5) is 0 Å². The molecule has 106 valence electrons. The average molecular weight is 338 g/mol. The number of ether oxygens (including phenoxy) is 1. The van der Waals surface area contributed by atoms with Crippen LogP contribution in [-0.4, -0.2) is 17.6 Å². The van der Waals surface area contributed by atoms with Gasteiger partial charge in [-0.15, -0.1) is 0 Å². The molecule has 5 heteroatoms. The van der Waals surface area contributed by atoms with Crippen LogP contribution >= 0.6 is 15.9 Å². The van der Waals surface area contributed by atoms with Crippen molar-refractivity contribution in [2.75, 3.05) is 6.61 Å². The number of aromatic nitrogens is 1. The van der Waals surface area contributed by atoms with Crippen molar-refractivity contribution in [2.24, 2.45) is 0 Å². The van der Waals surface area contributed by atoms with Crippen molar-refractivity contribution in [3.63, 3.8) is 0 Å². The van der Waals surface area contributed by atoms with Crippen LogP contribution in [0.1, 0.15) is 36.3 Å². The summed E-state index contributed by atoms with van der Waals surface area (Å²) in [6.07, 6.45) is 1.47. The highest BCUT2D eigenvalue weighted by Gasteiger charge is 2.19. The summed E-state index contributed by atoms with van der Waals surface area (Å²) < 4.78 is 5.80. The quantitative estimate of drug-likeness (QED) is 0.869. The van der Waals surface area contributed by atoms with E-state index in [0.29, 0.717) is 17.5 Å². The third-order valence-electron chi connectivity index (χ3n) is 3.02. The highest BCUT2D eigenvalue weighted by molar-refractivity contribution is 9.10. The molecule has 0 saturated heterocycles. The summed E-state index contributed by atoms with van der Waals surface area (Å²) in [4.78, 5) is 27.8. The third kappa shape index (κ3) is 2.77. The van der Waals surface area contributed by atoms with Crippen molar-refractivity contribution >= 4 is 32.8 Å². The van der Waals surface area contributed by atoms with Crippen LogP contribution in [-0.2, 0) is 11.2 Å². The van der Waals surface area contributed by atoms with Gasteiger partial charge in [-0.05, 0) is 31.5 Å². The van der Waals surface area contributed by atoms with Gasteiger partial charge in [0.2, 0.25) is 5.43 Å². The molecule has 0 atom stereocenters. The van der Waals surface area contributed by atoms with Gasteiger partial charge in [-0.3, -0.25) is 4.79 Å². The van der Waals surface area contributed by atoms with E-state index < -0.39 is 5.97 Å². The second-order valence-electron chi connectivity index (χ2n) is 4.47. The van der Waals surface area contributed by atoms with Crippen LogP contribution < -0.4 is 5.43 Å². The van der Waals surface area contributed by atoms with Gasteiger partial charge in [0, 0.05) is 21.1 Å². The van der Waals surface area contributed by atoms with Gasteiger partial charge < -0.3 is 9.72 Å². The van der Waals surface area contributed by atoms with Gasteiger partial charge in [0.1, 0.15) is 5.56 Å². The smallest absolute Gasteiger partial charge is 0.343 e. The number of fused-ring (bicyclic) bond motifs is 1. The summed E-state index contributed by atoms with van der Waals surface area (Å²) in [6.45, 7) is 3.97. The maximum Gasteiger partial charge on any atom is 0.343 e. The number of hydrogen-bond acceptors (Lipinski definition) is 3. The van der Waals surface area contributed by atoms with Crippen molar-refractivity contribution < 1.29 is 9.53 Å². The molecule has 2 aromatic rings. The molecule has 4 nitrogen and oxygen atoms in total. The Morgan fingerprint density at radius 1 is 1.35 bits per heavy atom. The molecule has 2 rings (SSSR count). The molecule has 0 spiro atoms. The van der Waals surface area contributed by atoms with Gasteiger partial charge in [-0.2, -0.15) is 0 Å². The number of carbonyl (C=O) groups is 1. The fraction of sp³-hybridized carbons (Fsp3) is 0.333. The lowest BCUT2D eigenvalue weighted by molar-refractivity contribution is 0.0523. The Morgan fingerprint density at radius 2 is 2.10 bits per heavy atom. The molecule has 1 aromatic carbocycles. The Hall–Kier alpha value is -1.62. The first-order valence-electron chi connectivity index (χ1n) is 6.60. The number of nitrogens with one attached hydrogen (secondary N) is 1. The Bertz CT molecular complexity index is 706. The number of benzene rings is 1. The minimum atomic E-state index is -0.556. The summed E-state index contributed by atoms with van der Waals surface area (Å²) in [5.74, 6) is -0.556. The van der Waals surface area contributed by atoms with Gasteiger partial charge in [-0.1, -0.05) is 29.3 Å². The zero-order chi connectivity index (χ0) is 14.7. The molecule has 0 aliphatic carbocycles. The molecule has 1 N–H and O–H groups in total. The first-order valence-corrected chi connectivity index (χ1v) is 7.39. The number of aromatic amines is 1. The standard InChI is InChI=1S/C15H16BrNO3/c1-3-5-12-13(15(19)20-4-2)14(18)10-8-9(16)6-7-11(10)17-12/h6-8H,3-5H2,1-2H3,(H,17,18). The molecule has 0 saturated carbocycles. The van der Waals surface area contributed by atoms with Crippen molar-refractivity contribution in [2.45, 2.75) is 26.7 Å². The first-order chi connectivity index (χ1) is 9.58. The lowest BCUT2D eigenvalue weighted by Crippen LogP contribution is -2.22. The van der Waals surface area contributed by atoms with E-state index >= 15 is 0 Å². The van der Waals surface area contributed by atoms with Gasteiger partial charge in [0.25, 0.3) is 0 Å². The van der Waals surface area contributed by atoms with E-state index in [9.17, 15) is 9.59 Å². The van der Waals surface area contributed by atoms with Gasteiger partial charge in [0.15, 0.2) is 0 Å². The predicted molar refractivity (Wildman–Crippen MR) is 82.2 cm³/mol. The van der Waals surface area contributed by atoms with Crippen molar-refractivity contribution in [1.82, 2.24) is 4.98 Å². The number of halogens is 1. The molecule has 0 aliphatic heterocycles. The van der Waals surface area contributed by atoms with Gasteiger partial charge in [0.05, 0.1) is 6.61 Å². The van der Waals surface area contributed by atoms with Gasteiger partial charge >= 0.3 is 5.97 Å². The molecular formula is C15H16BrNO3. The second kappa shape index (κ2) is 6.22. The van der Waals surface area contributed by atoms with Crippen LogP contribution in [0.25, 0.3) is 10.9 Å². The minimum Gasteiger partial charge on any atom is -0.462 e. The lowest BCUT2D eigenvalue weighted by Gasteiger charge is -2.10. The molecule has 0 unspecified atom stereocenters. The Balaban J connectivity index is 2.74.